The third-order valence-corrected chi connectivity index (χ3v) is 10.4. The molecule has 0 aromatic heterocycles. The Morgan fingerprint density at radius 3 is 2.51 bits per heavy atom. The molecular formula is C28H29ClN2O5S. The molecule has 3 heterocycles. The minimum atomic E-state index is -1.02. The second kappa shape index (κ2) is 9.82. The number of carboxylic acids is 1. The molecule has 2 bridgehead atoms. The quantitative estimate of drug-likeness (QED) is 0.491. The van der Waals surface area contributed by atoms with E-state index in [2.05, 4.69) is 6.58 Å². The SMILES string of the molecule is C=CCN(C(=O)C1N([C@H](CO)c2ccccc2)C(=O)[C@@H]2[C@H](C(=O)O)[C@@H]3CC(C)C12S3)c1ccc(Cl)cc1. The van der Waals surface area contributed by atoms with Gasteiger partial charge in [-0.2, -0.15) is 0 Å². The third kappa shape index (κ3) is 3.88. The number of nitrogens with zero attached hydrogens (tertiary/aromatic N) is 2. The highest BCUT2D eigenvalue weighted by Gasteiger charge is 2.77. The number of hydrogen-bond acceptors (Lipinski definition) is 5. The Morgan fingerprint density at radius 1 is 1.24 bits per heavy atom. The van der Waals surface area contributed by atoms with Crippen molar-refractivity contribution < 1.29 is 24.6 Å². The summed E-state index contributed by atoms with van der Waals surface area (Å²) < 4.78 is -0.921. The summed E-state index contributed by atoms with van der Waals surface area (Å²) >= 11 is 7.57. The van der Waals surface area contributed by atoms with E-state index in [1.165, 1.54) is 16.7 Å². The molecular weight excluding hydrogens is 512 g/mol. The van der Waals surface area contributed by atoms with Crippen LogP contribution in [0.1, 0.15) is 24.9 Å². The van der Waals surface area contributed by atoms with Gasteiger partial charge < -0.3 is 20.0 Å². The van der Waals surface area contributed by atoms with Crippen molar-refractivity contribution in [3.05, 3.63) is 77.8 Å². The highest BCUT2D eigenvalue weighted by molar-refractivity contribution is 8.02. The topological polar surface area (TPSA) is 98.2 Å². The zero-order chi connectivity index (χ0) is 26.5. The number of aliphatic hydroxyl groups excluding tert-OH is 1. The van der Waals surface area contributed by atoms with Crippen molar-refractivity contribution in [2.45, 2.75) is 35.4 Å². The van der Waals surface area contributed by atoms with Gasteiger partial charge in [0, 0.05) is 22.5 Å². The van der Waals surface area contributed by atoms with E-state index in [1.807, 2.05) is 37.3 Å². The number of hydrogen-bond donors (Lipinski definition) is 2. The van der Waals surface area contributed by atoms with E-state index in [0.717, 1.165) is 0 Å². The molecule has 3 unspecified atom stereocenters. The van der Waals surface area contributed by atoms with E-state index >= 15 is 0 Å². The second-order valence-electron chi connectivity index (χ2n) is 9.96. The van der Waals surface area contributed by atoms with Crippen molar-refractivity contribution in [3.8, 4) is 0 Å². The molecule has 1 spiro atoms. The molecule has 2 aromatic rings. The van der Waals surface area contributed by atoms with Gasteiger partial charge in [-0.15, -0.1) is 18.3 Å². The largest absolute Gasteiger partial charge is 0.481 e. The summed E-state index contributed by atoms with van der Waals surface area (Å²) in [6.07, 6.45) is 2.23. The first kappa shape index (κ1) is 25.8. The monoisotopic (exact) mass is 540 g/mol. The van der Waals surface area contributed by atoms with Crippen molar-refractivity contribution in [2.24, 2.45) is 17.8 Å². The van der Waals surface area contributed by atoms with Crippen molar-refractivity contribution in [1.29, 1.82) is 0 Å². The normalized spacial score (nSPS) is 30.7. The van der Waals surface area contributed by atoms with Gasteiger partial charge in [-0.3, -0.25) is 14.4 Å². The fraction of sp³-hybridized carbons (Fsp3) is 0.393. The number of halogens is 1. The minimum Gasteiger partial charge on any atom is -0.481 e. The lowest BCUT2D eigenvalue weighted by Gasteiger charge is -2.42. The van der Waals surface area contributed by atoms with Crippen LogP contribution >= 0.6 is 23.4 Å². The lowest BCUT2D eigenvalue weighted by Crippen LogP contribution is -2.58. The minimum absolute atomic E-state index is 0.0723. The van der Waals surface area contributed by atoms with Gasteiger partial charge in [0.05, 0.1) is 29.2 Å². The van der Waals surface area contributed by atoms with Gasteiger partial charge in [0.2, 0.25) is 5.91 Å². The van der Waals surface area contributed by atoms with E-state index in [-0.39, 0.29) is 29.5 Å². The van der Waals surface area contributed by atoms with E-state index in [9.17, 15) is 24.6 Å². The molecule has 194 valence electrons. The Bertz CT molecular complexity index is 1220. The summed E-state index contributed by atoms with van der Waals surface area (Å²) in [5.41, 5.74) is 1.29. The third-order valence-electron chi connectivity index (χ3n) is 8.11. The Hall–Kier alpha value is -2.81. The van der Waals surface area contributed by atoms with Crippen LogP contribution in [-0.2, 0) is 14.4 Å². The van der Waals surface area contributed by atoms with Crippen LogP contribution in [0.3, 0.4) is 0 Å². The maximum Gasteiger partial charge on any atom is 0.308 e. The maximum absolute atomic E-state index is 14.6. The molecule has 3 fully saturated rings. The van der Waals surface area contributed by atoms with Crippen LogP contribution < -0.4 is 4.90 Å². The number of aliphatic hydroxyl groups is 1. The zero-order valence-corrected chi connectivity index (χ0v) is 21.9. The molecule has 0 radical (unpaired) electrons. The summed E-state index contributed by atoms with van der Waals surface area (Å²) in [6, 6.07) is 14.2. The molecule has 5 rings (SSSR count). The van der Waals surface area contributed by atoms with Crippen LogP contribution in [0.15, 0.2) is 67.3 Å². The van der Waals surface area contributed by atoms with Gasteiger partial charge in [0.15, 0.2) is 0 Å². The zero-order valence-electron chi connectivity index (χ0n) is 20.4. The Balaban J connectivity index is 1.68. The smallest absolute Gasteiger partial charge is 0.308 e. The molecule has 7 nitrogen and oxygen atoms in total. The van der Waals surface area contributed by atoms with Gasteiger partial charge in [0.25, 0.3) is 5.91 Å². The van der Waals surface area contributed by atoms with Crippen molar-refractivity contribution >= 4 is 46.8 Å². The molecule has 37 heavy (non-hydrogen) atoms. The van der Waals surface area contributed by atoms with E-state index in [1.54, 1.807) is 35.2 Å². The van der Waals surface area contributed by atoms with Crippen LogP contribution in [0.5, 0.6) is 0 Å². The Morgan fingerprint density at radius 2 is 1.92 bits per heavy atom. The van der Waals surface area contributed by atoms with Crippen LogP contribution in [0.4, 0.5) is 5.69 Å². The highest BCUT2D eigenvalue weighted by Crippen LogP contribution is 2.69. The molecule has 2 aromatic carbocycles. The lowest BCUT2D eigenvalue weighted by molar-refractivity contribution is -0.149. The number of carboxylic acid groups (broad SMARTS) is 1. The van der Waals surface area contributed by atoms with Gasteiger partial charge in [-0.1, -0.05) is 54.9 Å². The summed E-state index contributed by atoms with van der Waals surface area (Å²) in [5.74, 6) is -3.53. The van der Waals surface area contributed by atoms with Crippen molar-refractivity contribution in [2.75, 3.05) is 18.1 Å². The van der Waals surface area contributed by atoms with E-state index < -0.39 is 41.2 Å². The molecule has 3 aliphatic rings. The first-order valence-corrected chi connectivity index (χ1v) is 13.6. The molecule has 0 saturated carbocycles. The summed E-state index contributed by atoms with van der Waals surface area (Å²) in [5, 5.41) is 21.0. The molecule has 3 saturated heterocycles. The van der Waals surface area contributed by atoms with E-state index in [0.29, 0.717) is 22.7 Å². The predicted molar refractivity (Wildman–Crippen MR) is 143 cm³/mol. The summed E-state index contributed by atoms with van der Waals surface area (Å²) in [4.78, 5) is 44.3. The average molecular weight is 541 g/mol. The fourth-order valence-electron chi connectivity index (χ4n) is 6.61. The number of aliphatic carboxylic acids is 1. The molecule has 7 atom stereocenters. The van der Waals surface area contributed by atoms with Gasteiger partial charge in [-0.05, 0) is 42.2 Å². The Labute approximate surface area is 225 Å². The number of likely N-dealkylation sites (tertiary alicyclic amines) is 1. The fourth-order valence-corrected chi connectivity index (χ4v) is 9.13. The first-order valence-electron chi connectivity index (χ1n) is 12.3. The number of anilines is 1. The molecule has 2 amide bonds. The number of thioether (sulfide) groups is 1. The maximum atomic E-state index is 14.6. The molecule has 3 aliphatic heterocycles. The van der Waals surface area contributed by atoms with Crippen LogP contribution in [0.25, 0.3) is 0 Å². The highest BCUT2D eigenvalue weighted by atomic mass is 35.5. The van der Waals surface area contributed by atoms with Crippen molar-refractivity contribution in [1.82, 2.24) is 4.90 Å². The predicted octanol–water partition coefficient (Wildman–Crippen LogP) is 4.01. The van der Waals surface area contributed by atoms with Crippen LogP contribution in [-0.4, -0.2) is 62.1 Å². The standard InChI is InChI=1S/C28H29ClN2O5S/c1-3-13-30(19-11-9-18(29)10-12-19)26(34)24-28-16(2)14-21(37-28)22(27(35)36)23(28)25(33)31(24)20(15-32)17-7-5-4-6-8-17/h3-12,16,20-24,32H,1,13-15H2,2H3,(H,35,36)/t16?,20-,21+,22-,23+,24?,28?/m1/s1. The van der Waals surface area contributed by atoms with Crippen LogP contribution in [0, 0.1) is 17.8 Å². The average Bonchev–Trinajstić information content (AvgIpc) is 3.48. The molecule has 9 heteroatoms. The van der Waals surface area contributed by atoms with Gasteiger partial charge in [0.1, 0.15) is 6.04 Å². The number of fused-ring (bicyclic) bond motifs is 1. The van der Waals surface area contributed by atoms with Crippen molar-refractivity contribution in [3.63, 3.8) is 0 Å². The molecule has 2 N–H and O–H groups in total. The number of benzene rings is 2. The summed E-state index contributed by atoms with van der Waals surface area (Å²) in [6.45, 7) is 5.63. The van der Waals surface area contributed by atoms with Crippen LogP contribution in [0.2, 0.25) is 5.02 Å². The van der Waals surface area contributed by atoms with Gasteiger partial charge in [-0.25, -0.2) is 0 Å². The lowest BCUT2D eigenvalue weighted by atomic mass is 9.66. The first-order chi connectivity index (χ1) is 17.8. The second-order valence-corrected chi connectivity index (χ2v) is 11.9. The number of rotatable bonds is 8. The summed E-state index contributed by atoms with van der Waals surface area (Å²) in [7, 11) is 0. The number of carbonyl (C=O) groups excluding carboxylic acids is 2. The Kier molecular flexibility index (Phi) is 6.85. The van der Waals surface area contributed by atoms with E-state index in [4.69, 9.17) is 11.6 Å². The number of carbonyl (C=O) groups is 3. The van der Waals surface area contributed by atoms with Gasteiger partial charge >= 0.3 is 5.97 Å². The number of amides is 2. The molecule has 0 aliphatic carbocycles.